The molecule has 1 aromatic carbocycles. The molecule has 1 aliphatic heterocycles. The molecule has 1 aromatic heterocycles. The van der Waals surface area contributed by atoms with Gasteiger partial charge in [-0.1, -0.05) is 12.1 Å². The van der Waals surface area contributed by atoms with Gasteiger partial charge in [0, 0.05) is 24.4 Å². The standard InChI is InChI=1S/C13H13N3O3/c1-17-11-5-6-14-13(16-11)15-7-9-3-2-4-10-12(9)19-8-18-10/h2-6H,7-8H2,1H3,(H,14,15,16). The van der Waals surface area contributed by atoms with Crippen molar-refractivity contribution in [2.75, 3.05) is 19.2 Å². The largest absolute Gasteiger partial charge is 0.481 e. The molecule has 2 aromatic rings. The third-order valence-corrected chi connectivity index (χ3v) is 2.75. The average molecular weight is 259 g/mol. The first-order valence-electron chi connectivity index (χ1n) is 5.85. The third-order valence-electron chi connectivity index (χ3n) is 2.75. The van der Waals surface area contributed by atoms with E-state index in [1.54, 1.807) is 19.4 Å². The molecule has 0 unspecified atom stereocenters. The summed E-state index contributed by atoms with van der Waals surface area (Å²) in [4.78, 5) is 8.31. The van der Waals surface area contributed by atoms with Crippen molar-refractivity contribution in [1.82, 2.24) is 9.97 Å². The van der Waals surface area contributed by atoms with Gasteiger partial charge in [-0.2, -0.15) is 4.98 Å². The van der Waals surface area contributed by atoms with Crippen LogP contribution in [0.5, 0.6) is 17.4 Å². The first kappa shape index (κ1) is 11.6. The SMILES string of the molecule is COc1ccnc(NCc2cccc3c2OCO3)n1. The highest BCUT2D eigenvalue weighted by atomic mass is 16.7. The molecule has 0 amide bonds. The van der Waals surface area contributed by atoms with Crippen LogP contribution in [0.1, 0.15) is 5.56 Å². The van der Waals surface area contributed by atoms with Gasteiger partial charge < -0.3 is 19.5 Å². The molecule has 0 bridgehead atoms. The minimum atomic E-state index is 0.266. The Morgan fingerprint density at radius 3 is 3.16 bits per heavy atom. The molecule has 98 valence electrons. The Hall–Kier alpha value is -2.50. The Bertz CT molecular complexity index is 589. The smallest absolute Gasteiger partial charge is 0.231 e. The monoisotopic (exact) mass is 259 g/mol. The first-order valence-corrected chi connectivity index (χ1v) is 5.85. The fourth-order valence-corrected chi connectivity index (χ4v) is 1.85. The van der Waals surface area contributed by atoms with Gasteiger partial charge in [0.1, 0.15) is 0 Å². The van der Waals surface area contributed by atoms with E-state index in [0.717, 1.165) is 17.1 Å². The number of para-hydroxylation sites is 1. The van der Waals surface area contributed by atoms with Crippen molar-refractivity contribution >= 4 is 5.95 Å². The zero-order valence-electron chi connectivity index (χ0n) is 10.4. The van der Waals surface area contributed by atoms with Crippen LogP contribution in [0.4, 0.5) is 5.95 Å². The molecule has 6 nitrogen and oxygen atoms in total. The average Bonchev–Trinajstić information content (AvgIpc) is 2.94. The minimum Gasteiger partial charge on any atom is -0.481 e. The lowest BCUT2D eigenvalue weighted by atomic mass is 10.2. The Morgan fingerprint density at radius 1 is 1.32 bits per heavy atom. The van der Waals surface area contributed by atoms with E-state index in [-0.39, 0.29) is 6.79 Å². The Labute approximate surface area is 110 Å². The number of aromatic nitrogens is 2. The van der Waals surface area contributed by atoms with Crippen LogP contribution < -0.4 is 19.5 Å². The predicted octanol–water partition coefficient (Wildman–Crippen LogP) is 1.83. The van der Waals surface area contributed by atoms with E-state index < -0.39 is 0 Å². The van der Waals surface area contributed by atoms with Crippen molar-refractivity contribution in [2.24, 2.45) is 0 Å². The highest BCUT2D eigenvalue weighted by Gasteiger charge is 2.16. The minimum absolute atomic E-state index is 0.266. The van der Waals surface area contributed by atoms with Gasteiger partial charge in [-0.25, -0.2) is 4.98 Å². The van der Waals surface area contributed by atoms with Crippen LogP contribution in [0.25, 0.3) is 0 Å². The number of rotatable bonds is 4. The number of anilines is 1. The molecule has 0 atom stereocenters. The third kappa shape index (κ3) is 2.37. The summed E-state index contributed by atoms with van der Waals surface area (Å²) in [6, 6.07) is 7.48. The maximum Gasteiger partial charge on any atom is 0.231 e. The second-order valence-corrected chi connectivity index (χ2v) is 3.93. The number of hydrogen-bond donors (Lipinski definition) is 1. The van der Waals surface area contributed by atoms with Crippen molar-refractivity contribution in [2.45, 2.75) is 6.54 Å². The fourth-order valence-electron chi connectivity index (χ4n) is 1.85. The highest BCUT2D eigenvalue weighted by Crippen LogP contribution is 2.35. The van der Waals surface area contributed by atoms with Gasteiger partial charge >= 0.3 is 0 Å². The number of methoxy groups -OCH3 is 1. The zero-order valence-corrected chi connectivity index (χ0v) is 10.4. The lowest BCUT2D eigenvalue weighted by Crippen LogP contribution is -2.05. The fraction of sp³-hybridized carbons (Fsp3) is 0.231. The summed E-state index contributed by atoms with van der Waals surface area (Å²) in [5, 5.41) is 3.13. The second kappa shape index (κ2) is 5.01. The van der Waals surface area contributed by atoms with Crippen molar-refractivity contribution in [3.05, 3.63) is 36.0 Å². The van der Waals surface area contributed by atoms with Crippen LogP contribution in [0.3, 0.4) is 0 Å². The second-order valence-electron chi connectivity index (χ2n) is 3.93. The van der Waals surface area contributed by atoms with Gasteiger partial charge in [0.15, 0.2) is 11.5 Å². The van der Waals surface area contributed by atoms with Gasteiger partial charge in [-0.3, -0.25) is 0 Å². The summed E-state index contributed by atoms with van der Waals surface area (Å²) in [6.07, 6.45) is 1.64. The van der Waals surface area contributed by atoms with Crippen molar-refractivity contribution in [3.8, 4) is 17.4 Å². The molecule has 0 aliphatic carbocycles. The van der Waals surface area contributed by atoms with Crippen LogP contribution in [-0.4, -0.2) is 23.9 Å². The first-order chi connectivity index (χ1) is 9.36. The predicted molar refractivity (Wildman–Crippen MR) is 68.5 cm³/mol. The summed E-state index contributed by atoms with van der Waals surface area (Å²) < 4.78 is 15.8. The summed E-state index contributed by atoms with van der Waals surface area (Å²) >= 11 is 0. The molecular weight excluding hydrogens is 246 g/mol. The van der Waals surface area contributed by atoms with E-state index in [0.29, 0.717) is 18.4 Å². The molecule has 0 spiro atoms. The highest BCUT2D eigenvalue weighted by molar-refractivity contribution is 5.49. The van der Waals surface area contributed by atoms with E-state index in [4.69, 9.17) is 14.2 Å². The van der Waals surface area contributed by atoms with Crippen molar-refractivity contribution in [1.29, 1.82) is 0 Å². The van der Waals surface area contributed by atoms with Crippen molar-refractivity contribution in [3.63, 3.8) is 0 Å². The quantitative estimate of drug-likeness (QED) is 0.903. The lowest BCUT2D eigenvalue weighted by Gasteiger charge is -2.08. The van der Waals surface area contributed by atoms with Gasteiger partial charge in [0.05, 0.1) is 7.11 Å². The molecule has 6 heteroatoms. The maximum atomic E-state index is 5.44. The number of benzene rings is 1. The van der Waals surface area contributed by atoms with Gasteiger partial charge in [-0.15, -0.1) is 0 Å². The number of ether oxygens (including phenoxy) is 3. The molecule has 0 saturated carbocycles. The van der Waals surface area contributed by atoms with E-state index >= 15 is 0 Å². The molecule has 0 fully saturated rings. The van der Waals surface area contributed by atoms with Gasteiger partial charge in [0.2, 0.25) is 18.6 Å². The molecule has 0 radical (unpaired) electrons. The van der Waals surface area contributed by atoms with Crippen molar-refractivity contribution < 1.29 is 14.2 Å². The summed E-state index contributed by atoms with van der Waals surface area (Å²) in [7, 11) is 1.57. The van der Waals surface area contributed by atoms with E-state index in [2.05, 4.69) is 15.3 Å². The summed E-state index contributed by atoms with van der Waals surface area (Å²) in [6.45, 7) is 0.821. The Kier molecular flexibility index (Phi) is 3.06. The lowest BCUT2D eigenvalue weighted by molar-refractivity contribution is 0.173. The molecule has 2 heterocycles. The topological polar surface area (TPSA) is 65.5 Å². The van der Waals surface area contributed by atoms with Crippen LogP contribution in [0.2, 0.25) is 0 Å². The molecular formula is C13H13N3O3. The van der Waals surface area contributed by atoms with Crippen LogP contribution in [-0.2, 0) is 6.54 Å². The molecule has 3 rings (SSSR count). The zero-order chi connectivity index (χ0) is 13.1. The summed E-state index contributed by atoms with van der Waals surface area (Å²) in [5.41, 5.74) is 1.00. The van der Waals surface area contributed by atoms with Gasteiger partial charge in [0.25, 0.3) is 0 Å². The molecule has 0 saturated heterocycles. The van der Waals surface area contributed by atoms with Crippen LogP contribution in [0.15, 0.2) is 30.5 Å². The normalized spacial score (nSPS) is 12.3. The maximum absolute atomic E-state index is 5.44. The Balaban J connectivity index is 1.74. The molecule has 1 N–H and O–H groups in total. The number of fused-ring (bicyclic) bond motifs is 1. The van der Waals surface area contributed by atoms with Crippen LogP contribution in [0, 0.1) is 0 Å². The van der Waals surface area contributed by atoms with E-state index in [9.17, 15) is 0 Å². The Morgan fingerprint density at radius 2 is 2.26 bits per heavy atom. The number of nitrogens with zero attached hydrogens (tertiary/aromatic N) is 2. The van der Waals surface area contributed by atoms with Crippen LogP contribution >= 0.6 is 0 Å². The molecule has 19 heavy (non-hydrogen) atoms. The van der Waals surface area contributed by atoms with E-state index in [1.807, 2.05) is 18.2 Å². The van der Waals surface area contributed by atoms with E-state index in [1.165, 1.54) is 0 Å². The van der Waals surface area contributed by atoms with Gasteiger partial charge in [-0.05, 0) is 6.07 Å². The number of hydrogen-bond acceptors (Lipinski definition) is 6. The number of nitrogens with one attached hydrogen (secondary N) is 1. The summed E-state index contributed by atoms with van der Waals surface area (Å²) in [5.74, 6) is 2.58. The molecule has 1 aliphatic rings.